The lowest BCUT2D eigenvalue weighted by molar-refractivity contribution is 0.0649. The van der Waals surface area contributed by atoms with Crippen LogP contribution in [0.25, 0.3) is 10.9 Å². The van der Waals surface area contributed by atoms with Gasteiger partial charge in [0, 0.05) is 29.7 Å². The molecule has 2 aliphatic rings. The maximum absolute atomic E-state index is 13.1. The van der Waals surface area contributed by atoms with Crippen molar-refractivity contribution < 1.29 is 9.59 Å². The smallest absolute Gasteiger partial charge is 0.261 e. The van der Waals surface area contributed by atoms with Gasteiger partial charge in [-0.15, -0.1) is 11.3 Å². The molecule has 0 radical (unpaired) electrons. The number of likely N-dealkylation sites (tertiary alicyclic amines) is 1. The molecule has 3 heterocycles. The Hall–Kier alpha value is -2.73. The van der Waals surface area contributed by atoms with Crippen molar-refractivity contribution in [2.45, 2.75) is 24.9 Å². The number of piperidine rings is 1. The van der Waals surface area contributed by atoms with Crippen molar-refractivity contribution in [3.63, 3.8) is 0 Å². The van der Waals surface area contributed by atoms with Crippen molar-refractivity contribution >= 4 is 34.1 Å². The third-order valence-corrected chi connectivity index (χ3v) is 6.52. The molecule has 2 aromatic heterocycles. The lowest BCUT2D eigenvalue weighted by Crippen LogP contribution is -2.51. The molecule has 2 fully saturated rings. The van der Waals surface area contributed by atoms with Gasteiger partial charge in [-0.1, -0.05) is 12.1 Å². The maximum atomic E-state index is 13.1. The molecule has 2 amide bonds. The molecular formula is C21H19N3O2S. The second kappa shape index (κ2) is 6.46. The van der Waals surface area contributed by atoms with Crippen molar-refractivity contribution in [3.8, 4) is 0 Å². The Balaban J connectivity index is 1.35. The quantitative estimate of drug-likeness (QED) is 0.762. The fourth-order valence-electron chi connectivity index (χ4n) is 4.44. The third kappa shape index (κ3) is 2.90. The van der Waals surface area contributed by atoms with Gasteiger partial charge in [0.15, 0.2) is 0 Å². The summed E-state index contributed by atoms with van der Waals surface area (Å²) in [6.07, 6.45) is 3.67. The van der Waals surface area contributed by atoms with Gasteiger partial charge >= 0.3 is 0 Å². The maximum Gasteiger partial charge on any atom is 0.261 e. The molecule has 6 heteroatoms. The van der Waals surface area contributed by atoms with Crippen LogP contribution >= 0.6 is 11.3 Å². The fourth-order valence-corrected chi connectivity index (χ4v) is 5.06. The number of nitrogens with one attached hydrogen (secondary N) is 1. The number of rotatable bonds is 3. The number of fused-ring (bicyclic) bond motifs is 3. The lowest BCUT2D eigenvalue weighted by atomic mass is 10.0. The zero-order valence-corrected chi connectivity index (χ0v) is 15.5. The Morgan fingerprint density at radius 2 is 2.07 bits per heavy atom. The molecule has 5 nitrogen and oxygen atoms in total. The van der Waals surface area contributed by atoms with Gasteiger partial charge in [-0.2, -0.15) is 0 Å². The molecule has 0 spiro atoms. The van der Waals surface area contributed by atoms with Crippen LogP contribution in [0.5, 0.6) is 0 Å². The van der Waals surface area contributed by atoms with Crippen molar-refractivity contribution in [2.75, 3.05) is 6.54 Å². The van der Waals surface area contributed by atoms with Gasteiger partial charge in [0.05, 0.1) is 16.4 Å². The number of hydrogen-bond donors (Lipinski definition) is 1. The minimum atomic E-state index is -0.0354. The van der Waals surface area contributed by atoms with Gasteiger partial charge in [0.2, 0.25) is 0 Å². The average molecular weight is 377 g/mol. The van der Waals surface area contributed by atoms with Crippen LogP contribution in [-0.2, 0) is 0 Å². The average Bonchev–Trinajstić information content (AvgIpc) is 3.44. The summed E-state index contributed by atoms with van der Waals surface area (Å²) in [6, 6.07) is 13.3. The molecule has 1 N–H and O–H groups in total. The Bertz CT molecular complexity index is 1020. The molecule has 2 bridgehead atoms. The van der Waals surface area contributed by atoms with Crippen molar-refractivity contribution in [2.24, 2.45) is 5.92 Å². The van der Waals surface area contributed by atoms with Crippen LogP contribution in [-0.4, -0.2) is 40.3 Å². The number of amides is 2. The van der Waals surface area contributed by atoms with Crippen LogP contribution in [0.4, 0.5) is 0 Å². The highest BCUT2D eigenvalue weighted by Crippen LogP contribution is 2.39. The Kier molecular flexibility index (Phi) is 3.93. The molecule has 3 aromatic rings. The number of hydrogen-bond acceptors (Lipinski definition) is 4. The van der Waals surface area contributed by atoms with Crippen LogP contribution in [0.15, 0.2) is 54.0 Å². The van der Waals surface area contributed by atoms with Gasteiger partial charge < -0.3 is 10.2 Å². The van der Waals surface area contributed by atoms with E-state index in [1.54, 1.807) is 6.20 Å². The summed E-state index contributed by atoms with van der Waals surface area (Å²) in [4.78, 5) is 32.5. The van der Waals surface area contributed by atoms with Gasteiger partial charge in [-0.25, -0.2) is 0 Å². The summed E-state index contributed by atoms with van der Waals surface area (Å²) in [5, 5.41) is 6.02. The number of pyridine rings is 1. The van der Waals surface area contributed by atoms with Crippen LogP contribution in [0.3, 0.4) is 0 Å². The first-order valence-electron chi connectivity index (χ1n) is 9.19. The summed E-state index contributed by atoms with van der Waals surface area (Å²) in [5.41, 5.74) is 1.57. The molecule has 1 aromatic carbocycles. The summed E-state index contributed by atoms with van der Waals surface area (Å²) in [7, 11) is 0. The van der Waals surface area contributed by atoms with Gasteiger partial charge in [0.1, 0.15) is 0 Å². The van der Waals surface area contributed by atoms with Gasteiger partial charge in [-0.3, -0.25) is 14.6 Å². The molecule has 1 saturated heterocycles. The predicted octanol–water partition coefficient (Wildman–Crippen LogP) is 3.33. The monoisotopic (exact) mass is 377 g/mol. The van der Waals surface area contributed by atoms with E-state index in [1.165, 1.54) is 11.3 Å². The number of thiophene rings is 1. The van der Waals surface area contributed by atoms with E-state index >= 15 is 0 Å². The van der Waals surface area contributed by atoms with E-state index < -0.39 is 0 Å². The lowest BCUT2D eigenvalue weighted by Gasteiger charge is -2.33. The van der Waals surface area contributed by atoms with E-state index in [2.05, 4.69) is 10.3 Å². The van der Waals surface area contributed by atoms with E-state index in [9.17, 15) is 9.59 Å². The standard InChI is InChI=1S/C21H19N3O2S/c25-20(19-4-2-8-27-19)23-17-9-13-10-18(17)24(12-13)21(26)15-5-6-16-14(11-15)3-1-7-22-16/h1-8,11,13,17-18H,9-10,12H2,(H,23,25). The van der Waals surface area contributed by atoms with Gasteiger partial charge in [-0.05, 0) is 54.5 Å². The van der Waals surface area contributed by atoms with E-state index in [0.29, 0.717) is 11.5 Å². The zero-order valence-electron chi connectivity index (χ0n) is 14.7. The van der Waals surface area contributed by atoms with Crippen LogP contribution in [0.2, 0.25) is 0 Å². The first-order chi connectivity index (χ1) is 13.2. The molecule has 3 atom stereocenters. The minimum Gasteiger partial charge on any atom is -0.347 e. The molecule has 1 aliphatic carbocycles. The third-order valence-electron chi connectivity index (χ3n) is 5.65. The second-order valence-corrected chi connectivity index (χ2v) is 8.28. The summed E-state index contributed by atoms with van der Waals surface area (Å²) in [6.45, 7) is 0.778. The number of aromatic nitrogens is 1. The molecule has 136 valence electrons. The van der Waals surface area contributed by atoms with Crippen LogP contribution in [0.1, 0.15) is 32.9 Å². The number of nitrogens with zero attached hydrogens (tertiary/aromatic N) is 2. The minimum absolute atomic E-state index is 0.0319. The molecule has 3 unspecified atom stereocenters. The highest BCUT2D eigenvalue weighted by atomic mass is 32.1. The van der Waals surface area contributed by atoms with Gasteiger partial charge in [0.25, 0.3) is 11.8 Å². The second-order valence-electron chi connectivity index (χ2n) is 7.33. The summed E-state index contributed by atoms with van der Waals surface area (Å²) < 4.78 is 0. The Labute approximate surface area is 161 Å². The van der Waals surface area contributed by atoms with E-state index in [0.717, 1.165) is 35.2 Å². The number of benzene rings is 1. The molecule has 27 heavy (non-hydrogen) atoms. The Morgan fingerprint density at radius 3 is 2.89 bits per heavy atom. The van der Waals surface area contributed by atoms with Crippen LogP contribution in [0, 0.1) is 5.92 Å². The molecular weight excluding hydrogens is 358 g/mol. The first kappa shape index (κ1) is 16.4. The fraction of sp³-hybridized carbons (Fsp3) is 0.286. The van der Waals surface area contributed by atoms with Crippen molar-refractivity contribution in [1.29, 1.82) is 0 Å². The van der Waals surface area contributed by atoms with E-state index in [4.69, 9.17) is 0 Å². The zero-order chi connectivity index (χ0) is 18.4. The largest absolute Gasteiger partial charge is 0.347 e. The van der Waals surface area contributed by atoms with E-state index in [1.807, 2.05) is 52.7 Å². The summed E-state index contributed by atoms with van der Waals surface area (Å²) >= 11 is 1.44. The summed E-state index contributed by atoms with van der Waals surface area (Å²) in [5.74, 6) is 0.477. The normalized spacial score (nSPS) is 23.7. The predicted molar refractivity (Wildman–Crippen MR) is 105 cm³/mol. The molecule has 1 aliphatic heterocycles. The molecule has 1 saturated carbocycles. The highest BCUT2D eigenvalue weighted by Gasteiger charge is 2.47. The van der Waals surface area contributed by atoms with Crippen molar-refractivity contribution in [1.82, 2.24) is 15.2 Å². The SMILES string of the molecule is O=C(NC1CC2CC1N(C(=O)c1ccc3ncccc3c1)C2)c1cccs1. The molecule has 5 rings (SSSR count). The number of carbonyl (C=O) groups excluding carboxylic acids is 2. The van der Waals surface area contributed by atoms with Crippen LogP contribution < -0.4 is 5.32 Å². The Morgan fingerprint density at radius 1 is 1.15 bits per heavy atom. The topological polar surface area (TPSA) is 62.3 Å². The van der Waals surface area contributed by atoms with E-state index in [-0.39, 0.29) is 23.9 Å². The van der Waals surface area contributed by atoms with Crippen molar-refractivity contribution in [3.05, 3.63) is 64.5 Å². The first-order valence-corrected chi connectivity index (χ1v) is 10.1. The number of carbonyl (C=O) groups is 2. The highest BCUT2D eigenvalue weighted by molar-refractivity contribution is 7.12.